The fourth-order valence-corrected chi connectivity index (χ4v) is 2.95. The van der Waals surface area contributed by atoms with E-state index in [1.165, 1.54) is 62.5 Å². The van der Waals surface area contributed by atoms with Crippen molar-refractivity contribution in [2.45, 2.75) is 90.1 Å². The summed E-state index contributed by atoms with van der Waals surface area (Å²) < 4.78 is 10.8. The predicted octanol–water partition coefficient (Wildman–Crippen LogP) is 7.29. The van der Waals surface area contributed by atoms with Crippen LogP contribution in [0.25, 0.3) is 0 Å². The van der Waals surface area contributed by atoms with Gasteiger partial charge in [-0.05, 0) is 41.8 Å². The molecule has 172 valence electrons. The van der Waals surface area contributed by atoms with Crippen molar-refractivity contribution in [1.29, 1.82) is 0 Å². The summed E-state index contributed by atoms with van der Waals surface area (Å²) in [7, 11) is 1.67. The molecule has 2 fully saturated rings. The molecular formula is C28H42O3. The van der Waals surface area contributed by atoms with Crippen LogP contribution >= 0.6 is 0 Å². The van der Waals surface area contributed by atoms with Gasteiger partial charge in [0.2, 0.25) is 0 Å². The van der Waals surface area contributed by atoms with E-state index in [1.54, 1.807) is 7.11 Å². The van der Waals surface area contributed by atoms with Gasteiger partial charge in [-0.3, -0.25) is 0 Å². The first-order chi connectivity index (χ1) is 15.0. The third-order valence-electron chi connectivity index (χ3n) is 6.30. The van der Waals surface area contributed by atoms with Crippen molar-refractivity contribution in [3.05, 3.63) is 59.7 Å². The van der Waals surface area contributed by atoms with Crippen LogP contribution in [0.5, 0.6) is 11.5 Å². The molecular weight excluding hydrogens is 384 g/mol. The molecule has 3 nitrogen and oxygen atoms in total. The fourth-order valence-electron chi connectivity index (χ4n) is 2.95. The molecule has 2 aromatic carbocycles. The number of hydrogen-bond acceptors (Lipinski definition) is 3. The Labute approximate surface area is 189 Å². The largest absolute Gasteiger partial charge is 0.497 e. The standard InChI is InChI=1S/C20H26O3.2C4H8/c1-5-17(21)14-23-19-12-8-16(9-13-19)20(2,3)15-6-10-18(22-4)11-7-15;2*1-2-4-3-1/h6-13,17,21H,5,14H2,1-4H3;2*1-4H2. The molecule has 0 aliphatic heterocycles. The Hall–Kier alpha value is -2.00. The lowest BCUT2D eigenvalue weighted by Crippen LogP contribution is -2.19. The number of ether oxygens (including phenoxy) is 2. The summed E-state index contributed by atoms with van der Waals surface area (Å²) in [5.41, 5.74) is 2.34. The summed E-state index contributed by atoms with van der Waals surface area (Å²) in [6.07, 6.45) is 12.3. The van der Waals surface area contributed by atoms with E-state index in [4.69, 9.17) is 9.47 Å². The maximum absolute atomic E-state index is 9.56. The minimum atomic E-state index is -0.412. The van der Waals surface area contributed by atoms with Crippen molar-refractivity contribution in [2.24, 2.45) is 0 Å². The van der Waals surface area contributed by atoms with Gasteiger partial charge in [0.15, 0.2) is 0 Å². The zero-order chi connectivity index (χ0) is 22.5. The maximum atomic E-state index is 9.56. The van der Waals surface area contributed by atoms with E-state index in [1.807, 2.05) is 31.2 Å². The maximum Gasteiger partial charge on any atom is 0.119 e. The molecule has 31 heavy (non-hydrogen) atoms. The summed E-state index contributed by atoms with van der Waals surface area (Å²) in [6.45, 7) is 6.67. The van der Waals surface area contributed by atoms with Crippen LogP contribution in [0, 0.1) is 0 Å². The van der Waals surface area contributed by atoms with Gasteiger partial charge in [0.1, 0.15) is 18.1 Å². The molecule has 2 saturated carbocycles. The topological polar surface area (TPSA) is 38.7 Å². The number of aliphatic hydroxyl groups excluding tert-OH is 1. The van der Waals surface area contributed by atoms with Crippen LogP contribution in [-0.2, 0) is 5.41 Å². The second kappa shape index (κ2) is 13.4. The van der Waals surface area contributed by atoms with Crippen molar-refractivity contribution < 1.29 is 14.6 Å². The summed E-state index contributed by atoms with van der Waals surface area (Å²) in [5.74, 6) is 1.65. The molecule has 2 aliphatic carbocycles. The molecule has 0 saturated heterocycles. The van der Waals surface area contributed by atoms with E-state index in [-0.39, 0.29) is 5.41 Å². The second-order valence-electron chi connectivity index (χ2n) is 9.08. The van der Waals surface area contributed by atoms with Crippen LogP contribution in [0.4, 0.5) is 0 Å². The summed E-state index contributed by atoms with van der Waals surface area (Å²) >= 11 is 0. The number of hydrogen-bond donors (Lipinski definition) is 1. The van der Waals surface area contributed by atoms with Gasteiger partial charge in [-0.15, -0.1) is 0 Å². The lowest BCUT2D eigenvalue weighted by Gasteiger charge is -2.26. The van der Waals surface area contributed by atoms with Gasteiger partial charge >= 0.3 is 0 Å². The van der Waals surface area contributed by atoms with Crippen LogP contribution in [0.2, 0.25) is 0 Å². The number of benzene rings is 2. The molecule has 0 amide bonds. The Kier molecular flexibility index (Phi) is 10.9. The lowest BCUT2D eigenvalue weighted by molar-refractivity contribution is 0.104. The molecule has 0 spiro atoms. The lowest BCUT2D eigenvalue weighted by atomic mass is 9.78. The van der Waals surface area contributed by atoms with Gasteiger partial charge in [0.05, 0.1) is 13.2 Å². The first-order valence-corrected chi connectivity index (χ1v) is 12.0. The fraction of sp³-hybridized carbons (Fsp3) is 0.571. The van der Waals surface area contributed by atoms with Crippen LogP contribution in [0.1, 0.15) is 89.7 Å². The van der Waals surface area contributed by atoms with E-state index in [0.29, 0.717) is 13.0 Å². The highest BCUT2D eigenvalue weighted by molar-refractivity contribution is 5.41. The average molecular weight is 427 g/mol. The van der Waals surface area contributed by atoms with Gasteiger partial charge in [-0.2, -0.15) is 0 Å². The molecule has 1 N–H and O–H groups in total. The second-order valence-corrected chi connectivity index (χ2v) is 9.08. The van der Waals surface area contributed by atoms with Gasteiger partial charge < -0.3 is 14.6 Å². The van der Waals surface area contributed by atoms with Crippen LogP contribution in [0.15, 0.2) is 48.5 Å². The molecule has 0 radical (unpaired) electrons. The van der Waals surface area contributed by atoms with Gasteiger partial charge in [-0.25, -0.2) is 0 Å². The SMILES string of the molecule is C1CCC1.C1CCC1.CCC(O)COc1ccc(C(C)(C)c2ccc(OC)cc2)cc1. The van der Waals surface area contributed by atoms with Gasteiger partial charge in [0, 0.05) is 5.41 Å². The van der Waals surface area contributed by atoms with E-state index in [9.17, 15) is 5.11 Å². The molecule has 0 bridgehead atoms. The smallest absolute Gasteiger partial charge is 0.119 e. The zero-order valence-corrected chi connectivity index (χ0v) is 20.0. The Morgan fingerprint density at radius 3 is 1.45 bits per heavy atom. The highest BCUT2D eigenvalue weighted by atomic mass is 16.5. The quantitative estimate of drug-likeness (QED) is 0.505. The number of methoxy groups -OCH3 is 1. The minimum Gasteiger partial charge on any atom is -0.497 e. The first kappa shape index (κ1) is 25.3. The van der Waals surface area contributed by atoms with Crippen molar-refractivity contribution in [1.82, 2.24) is 0 Å². The summed E-state index contributed by atoms with van der Waals surface area (Å²) in [6, 6.07) is 16.3. The van der Waals surface area contributed by atoms with E-state index >= 15 is 0 Å². The number of aliphatic hydroxyl groups is 1. The van der Waals surface area contributed by atoms with Gasteiger partial charge in [-0.1, -0.05) is 96.4 Å². The zero-order valence-electron chi connectivity index (χ0n) is 20.0. The van der Waals surface area contributed by atoms with Crippen molar-refractivity contribution in [3.63, 3.8) is 0 Å². The van der Waals surface area contributed by atoms with Crippen LogP contribution in [0.3, 0.4) is 0 Å². The Bertz CT molecular complexity index is 695. The van der Waals surface area contributed by atoms with Crippen molar-refractivity contribution >= 4 is 0 Å². The number of rotatable bonds is 7. The molecule has 2 aromatic rings. The Morgan fingerprint density at radius 1 is 0.742 bits per heavy atom. The molecule has 3 heteroatoms. The van der Waals surface area contributed by atoms with E-state index in [0.717, 1.165) is 11.5 Å². The molecule has 2 aliphatic rings. The first-order valence-electron chi connectivity index (χ1n) is 12.0. The summed E-state index contributed by atoms with van der Waals surface area (Å²) in [4.78, 5) is 0. The Balaban J connectivity index is 0.000000352. The Morgan fingerprint density at radius 2 is 1.13 bits per heavy atom. The molecule has 0 aromatic heterocycles. The van der Waals surface area contributed by atoms with Crippen LogP contribution < -0.4 is 9.47 Å². The molecule has 4 rings (SSSR count). The van der Waals surface area contributed by atoms with Crippen molar-refractivity contribution in [3.8, 4) is 11.5 Å². The monoisotopic (exact) mass is 426 g/mol. The van der Waals surface area contributed by atoms with Crippen LogP contribution in [-0.4, -0.2) is 24.9 Å². The highest BCUT2D eigenvalue weighted by Gasteiger charge is 2.23. The molecule has 1 atom stereocenters. The van der Waals surface area contributed by atoms with Gasteiger partial charge in [0.25, 0.3) is 0 Å². The van der Waals surface area contributed by atoms with E-state index < -0.39 is 6.10 Å². The third kappa shape index (κ3) is 8.57. The molecule has 1 unspecified atom stereocenters. The normalized spacial score (nSPS) is 15.6. The average Bonchev–Trinajstić information content (AvgIpc) is 2.70. The summed E-state index contributed by atoms with van der Waals surface area (Å²) in [5, 5.41) is 9.56. The van der Waals surface area contributed by atoms with Crippen molar-refractivity contribution in [2.75, 3.05) is 13.7 Å². The predicted molar refractivity (Wildman–Crippen MR) is 130 cm³/mol. The minimum absolute atomic E-state index is 0.103. The van der Waals surface area contributed by atoms with E-state index in [2.05, 4.69) is 38.1 Å². The molecule has 0 heterocycles. The third-order valence-corrected chi connectivity index (χ3v) is 6.30. The highest BCUT2D eigenvalue weighted by Crippen LogP contribution is 2.33.